The van der Waals surface area contributed by atoms with Crippen LogP contribution in [0.1, 0.15) is 45.6 Å². The molecule has 17 heavy (non-hydrogen) atoms. The molecule has 3 heteroatoms. The summed E-state index contributed by atoms with van der Waals surface area (Å²) in [6.07, 6.45) is 1.12. The fraction of sp³-hybridized carbons (Fsp3) is 0.500. The average Bonchev–Trinajstić information content (AvgIpc) is 2.28. The first kappa shape index (κ1) is 14.1. The van der Waals surface area contributed by atoms with E-state index in [1.165, 1.54) is 17.3 Å². The zero-order valence-electron chi connectivity index (χ0n) is 10.9. The van der Waals surface area contributed by atoms with E-state index in [0.29, 0.717) is 5.92 Å². The summed E-state index contributed by atoms with van der Waals surface area (Å²) in [5.41, 5.74) is 1.31. The van der Waals surface area contributed by atoms with Crippen LogP contribution < -0.4 is 0 Å². The minimum Gasteiger partial charge on any atom is -0.480 e. The Bertz CT molecular complexity index is 382. The molecule has 0 saturated carbocycles. The Kier molecular flexibility index (Phi) is 4.63. The molecule has 1 atom stereocenters. The zero-order valence-corrected chi connectivity index (χ0v) is 11.7. The number of carboxylic acid groups (broad SMARTS) is 1. The van der Waals surface area contributed by atoms with Crippen molar-refractivity contribution in [1.29, 1.82) is 0 Å². The largest absolute Gasteiger partial charge is 0.480 e. The first-order valence-corrected chi connectivity index (χ1v) is 6.71. The Labute approximate surface area is 107 Å². The van der Waals surface area contributed by atoms with Gasteiger partial charge in [0.2, 0.25) is 0 Å². The van der Waals surface area contributed by atoms with Crippen molar-refractivity contribution in [2.75, 3.05) is 0 Å². The predicted octanol–water partition coefficient (Wildman–Crippen LogP) is 4.16. The topological polar surface area (TPSA) is 37.3 Å². The lowest BCUT2D eigenvalue weighted by atomic mass is 9.99. The lowest BCUT2D eigenvalue weighted by Gasteiger charge is -2.18. The van der Waals surface area contributed by atoms with Crippen LogP contribution in [-0.4, -0.2) is 15.8 Å². The average molecular weight is 252 g/mol. The summed E-state index contributed by atoms with van der Waals surface area (Å²) in [6, 6.07) is 8.20. The summed E-state index contributed by atoms with van der Waals surface area (Å²) in [5.74, 6) is -0.227. The summed E-state index contributed by atoms with van der Waals surface area (Å²) in [4.78, 5) is 12.0. The van der Waals surface area contributed by atoms with E-state index in [2.05, 4.69) is 26.0 Å². The van der Waals surface area contributed by atoms with E-state index >= 15 is 0 Å². The fourth-order valence-electron chi connectivity index (χ4n) is 1.44. The quantitative estimate of drug-likeness (QED) is 0.800. The van der Waals surface area contributed by atoms with Gasteiger partial charge < -0.3 is 5.11 Å². The van der Waals surface area contributed by atoms with Gasteiger partial charge in [-0.15, -0.1) is 11.8 Å². The van der Waals surface area contributed by atoms with E-state index in [4.69, 9.17) is 5.11 Å². The molecule has 0 saturated heterocycles. The standard InChI is InChI=1S/C14H20O2S/c1-5-10(2)11-6-8-12(9-7-11)17-14(3,4)13(15)16/h6-10H,5H2,1-4H3,(H,15,16). The molecule has 0 aromatic heterocycles. The second-order valence-corrected chi connectivity index (χ2v) is 6.49. The Morgan fingerprint density at radius 1 is 1.35 bits per heavy atom. The number of carbonyl (C=O) groups is 1. The van der Waals surface area contributed by atoms with Gasteiger partial charge in [0.1, 0.15) is 4.75 Å². The van der Waals surface area contributed by atoms with Crippen LogP contribution in [0.25, 0.3) is 0 Å². The third kappa shape index (κ3) is 3.77. The van der Waals surface area contributed by atoms with Crippen molar-refractivity contribution in [3.8, 4) is 0 Å². The van der Waals surface area contributed by atoms with Gasteiger partial charge in [-0.05, 0) is 43.9 Å². The van der Waals surface area contributed by atoms with Crippen LogP contribution in [-0.2, 0) is 4.79 Å². The first-order chi connectivity index (χ1) is 7.86. The van der Waals surface area contributed by atoms with Gasteiger partial charge >= 0.3 is 5.97 Å². The molecule has 0 spiro atoms. The van der Waals surface area contributed by atoms with Crippen LogP contribution in [0.5, 0.6) is 0 Å². The van der Waals surface area contributed by atoms with Gasteiger partial charge in [0.15, 0.2) is 0 Å². The summed E-state index contributed by atoms with van der Waals surface area (Å²) in [5, 5.41) is 9.06. The molecule has 94 valence electrons. The first-order valence-electron chi connectivity index (χ1n) is 5.89. The van der Waals surface area contributed by atoms with E-state index < -0.39 is 10.7 Å². The molecule has 0 aliphatic heterocycles. The molecule has 1 aromatic carbocycles. The maximum absolute atomic E-state index is 11.0. The third-order valence-electron chi connectivity index (χ3n) is 2.95. The molecule has 1 aromatic rings. The monoisotopic (exact) mass is 252 g/mol. The molecule has 0 bridgehead atoms. The minimum atomic E-state index is -0.784. The number of rotatable bonds is 5. The summed E-state index contributed by atoms with van der Waals surface area (Å²) >= 11 is 1.38. The molecule has 1 N–H and O–H groups in total. The molecule has 0 aliphatic carbocycles. The molecule has 0 heterocycles. The molecule has 0 amide bonds. The van der Waals surface area contributed by atoms with Crippen LogP contribution in [0.3, 0.4) is 0 Å². The highest BCUT2D eigenvalue weighted by Gasteiger charge is 2.28. The van der Waals surface area contributed by atoms with Crippen molar-refractivity contribution in [3.63, 3.8) is 0 Å². The van der Waals surface area contributed by atoms with Gasteiger partial charge in [-0.25, -0.2) is 0 Å². The molecule has 0 aliphatic rings. The number of thioether (sulfide) groups is 1. The molecule has 0 fully saturated rings. The summed E-state index contributed by atoms with van der Waals surface area (Å²) in [7, 11) is 0. The second kappa shape index (κ2) is 5.58. The van der Waals surface area contributed by atoms with E-state index in [9.17, 15) is 4.79 Å². The lowest BCUT2D eigenvalue weighted by molar-refractivity contribution is -0.138. The highest BCUT2D eigenvalue weighted by molar-refractivity contribution is 8.01. The fourth-order valence-corrected chi connectivity index (χ4v) is 2.39. The molecule has 0 radical (unpaired) electrons. The Morgan fingerprint density at radius 2 is 1.88 bits per heavy atom. The van der Waals surface area contributed by atoms with Crippen molar-refractivity contribution in [1.82, 2.24) is 0 Å². The van der Waals surface area contributed by atoms with Gasteiger partial charge in [0.05, 0.1) is 0 Å². The van der Waals surface area contributed by atoms with Crippen LogP contribution in [0, 0.1) is 0 Å². The SMILES string of the molecule is CCC(C)c1ccc(SC(C)(C)C(=O)O)cc1. The maximum Gasteiger partial charge on any atom is 0.319 e. The van der Waals surface area contributed by atoms with Crippen molar-refractivity contribution in [3.05, 3.63) is 29.8 Å². The van der Waals surface area contributed by atoms with Crippen molar-refractivity contribution < 1.29 is 9.90 Å². The van der Waals surface area contributed by atoms with Gasteiger partial charge in [-0.1, -0.05) is 26.0 Å². The molecule has 1 rings (SSSR count). The predicted molar refractivity (Wildman–Crippen MR) is 72.7 cm³/mol. The van der Waals surface area contributed by atoms with E-state index in [1.807, 2.05) is 12.1 Å². The third-order valence-corrected chi connectivity index (χ3v) is 4.14. The van der Waals surface area contributed by atoms with E-state index in [-0.39, 0.29) is 0 Å². The Hall–Kier alpha value is -0.960. The lowest BCUT2D eigenvalue weighted by Crippen LogP contribution is -2.26. The maximum atomic E-state index is 11.0. The molecule has 2 nitrogen and oxygen atoms in total. The number of carboxylic acids is 1. The second-order valence-electron chi connectivity index (χ2n) is 4.80. The summed E-state index contributed by atoms with van der Waals surface area (Å²) < 4.78 is -0.780. The highest BCUT2D eigenvalue weighted by atomic mass is 32.2. The van der Waals surface area contributed by atoms with Gasteiger partial charge in [0, 0.05) is 4.90 Å². The normalized spacial score (nSPS) is 13.4. The number of hydrogen-bond donors (Lipinski definition) is 1. The van der Waals surface area contributed by atoms with Crippen molar-refractivity contribution >= 4 is 17.7 Å². The van der Waals surface area contributed by atoms with E-state index in [0.717, 1.165) is 11.3 Å². The molecular weight excluding hydrogens is 232 g/mol. The van der Waals surface area contributed by atoms with Crippen LogP contribution >= 0.6 is 11.8 Å². The summed E-state index contributed by atoms with van der Waals surface area (Å²) in [6.45, 7) is 7.81. The van der Waals surface area contributed by atoms with E-state index in [1.54, 1.807) is 13.8 Å². The number of benzene rings is 1. The number of aliphatic carboxylic acids is 1. The Balaban J connectivity index is 2.79. The molecular formula is C14H20O2S. The van der Waals surface area contributed by atoms with Crippen molar-refractivity contribution in [2.45, 2.75) is 49.7 Å². The number of hydrogen-bond acceptors (Lipinski definition) is 2. The minimum absolute atomic E-state index is 0.557. The van der Waals surface area contributed by atoms with Gasteiger partial charge in [-0.2, -0.15) is 0 Å². The molecule has 1 unspecified atom stereocenters. The van der Waals surface area contributed by atoms with Crippen LogP contribution in [0.4, 0.5) is 0 Å². The van der Waals surface area contributed by atoms with Crippen LogP contribution in [0.2, 0.25) is 0 Å². The zero-order chi connectivity index (χ0) is 13.1. The van der Waals surface area contributed by atoms with Crippen LogP contribution in [0.15, 0.2) is 29.2 Å². The highest BCUT2D eigenvalue weighted by Crippen LogP contribution is 2.33. The van der Waals surface area contributed by atoms with Gasteiger partial charge in [-0.3, -0.25) is 4.79 Å². The Morgan fingerprint density at radius 3 is 2.29 bits per heavy atom. The van der Waals surface area contributed by atoms with Crippen molar-refractivity contribution in [2.24, 2.45) is 0 Å². The smallest absolute Gasteiger partial charge is 0.319 e. The van der Waals surface area contributed by atoms with Gasteiger partial charge in [0.25, 0.3) is 0 Å².